The van der Waals surface area contributed by atoms with Gasteiger partial charge < -0.3 is 14.3 Å². The summed E-state index contributed by atoms with van der Waals surface area (Å²) in [7, 11) is 0. The van der Waals surface area contributed by atoms with Crippen LogP contribution >= 0.6 is 0 Å². The number of para-hydroxylation sites is 1. The summed E-state index contributed by atoms with van der Waals surface area (Å²) in [5.41, 5.74) is 1.47. The molecule has 1 aliphatic rings. The van der Waals surface area contributed by atoms with Gasteiger partial charge in [-0.3, -0.25) is 4.79 Å². The van der Waals surface area contributed by atoms with Crippen LogP contribution in [-0.4, -0.2) is 47.1 Å². The minimum atomic E-state index is -0.229. The lowest BCUT2D eigenvalue weighted by Crippen LogP contribution is -2.49. The number of hydrogen-bond acceptors (Lipinski definition) is 5. The molecule has 6 nitrogen and oxygen atoms in total. The zero-order chi connectivity index (χ0) is 19.3. The summed E-state index contributed by atoms with van der Waals surface area (Å²) in [5.74, 6) is 0.805. The second kappa shape index (κ2) is 8.21. The van der Waals surface area contributed by atoms with Crippen molar-refractivity contribution in [2.24, 2.45) is 0 Å². The summed E-state index contributed by atoms with van der Waals surface area (Å²) in [6.45, 7) is 2.38. The molecule has 1 aromatic heterocycles. The van der Waals surface area contributed by atoms with E-state index in [1.54, 1.807) is 12.1 Å². The second-order valence-electron chi connectivity index (χ2n) is 6.70. The van der Waals surface area contributed by atoms with E-state index in [4.69, 9.17) is 4.52 Å². The normalized spacial score (nSPS) is 14.3. The average molecular weight is 380 g/mol. The van der Waals surface area contributed by atoms with Gasteiger partial charge in [0.25, 0.3) is 0 Å². The Hall–Kier alpha value is -3.22. The molecule has 7 heteroatoms. The third-order valence-electron chi connectivity index (χ3n) is 4.88. The fraction of sp³-hybridized carbons (Fsp3) is 0.286. The molecule has 0 atom stereocenters. The number of aromatic nitrogens is 2. The number of piperazine rings is 1. The van der Waals surface area contributed by atoms with E-state index in [2.05, 4.69) is 10.1 Å². The van der Waals surface area contributed by atoms with E-state index < -0.39 is 0 Å². The van der Waals surface area contributed by atoms with Crippen molar-refractivity contribution in [2.75, 3.05) is 31.1 Å². The van der Waals surface area contributed by atoms with Gasteiger partial charge in [0.2, 0.25) is 17.6 Å². The Labute approximate surface area is 162 Å². The molecule has 1 fully saturated rings. The smallest absolute Gasteiger partial charge is 0.227 e. The quantitative estimate of drug-likeness (QED) is 0.680. The number of nitrogens with zero attached hydrogens (tertiary/aromatic N) is 4. The van der Waals surface area contributed by atoms with Crippen molar-refractivity contribution < 1.29 is 13.7 Å². The Kier molecular flexibility index (Phi) is 5.32. The van der Waals surface area contributed by atoms with Crippen LogP contribution in [0.1, 0.15) is 12.3 Å². The standard InChI is InChI=1S/C21H21FN4O2/c22-17-8-4-5-9-18(17)25-12-14-26(15-13-25)20(27)11-10-19-23-21(24-28-19)16-6-2-1-3-7-16/h1-9H,10-15H2. The monoisotopic (exact) mass is 380 g/mol. The van der Waals surface area contributed by atoms with Gasteiger partial charge >= 0.3 is 0 Å². The Bertz CT molecular complexity index is 936. The molecule has 0 N–H and O–H groups in total. The number of benzene rings is 2. The van der Waals surface area contributed by atoms with Crippen molar-refractivity contribution in [3.63, 3.8) is 0 Å². The van der Waals surface area contributed by atoms with Gasteiger partial charge in [-0.1, -0.05) is 47.6 Å². The Morgan fingerprint density at radius 1 is 1.00 bits per heavy atom. The predicted octanol–water partition coefficient (Wildman–Crippen LogP) is 3.16. The summed E-state index contributed by atoms with van der Waals surface area (Å²) in [5, 5.41) is 3.98. The van der Waals surface area contributed by atoms with Crippen molar-refractivity contribution in [1.82, 2.24) is 15.0 Å². The molecule has 0 bridgehead atoms. The Balaban J connectivity index is 1.28. The average Bonchev–Trinajstić information content (AvgIpc) is 3.22. The maximum atomic E-state index is 13.9. The summed E-state index contributed by atoms with van der Waals surface area (Å²) in [6, 6.07) is 16.3. The lowest BCUT2D eigenvalue weighted by atomic mass is 10.2. The largest absolute Gasteiger partial charge is 0.366 e. The number of carbonyl (C=O) groups is 1. The summed E-state index contributed by atoms with van der Waals surface area (Å²) >= 11 is 0. The highest BCUT2D eigenvalue weighted by atomic mass is 19.1. The molecular weight excluding hydrogens is 359 g/mol. The first-order chi connectivity index (χ1) is 13.7. The second-order valence-corrected chi connectivity index (χ2v) is 6.70. The molecule has 1 amide bonds. The molecule has 3 aromatic rings. The fourth-order valence-corrected chi connectivity index (χ4v) is 3.34. The molecule has 2 aromatic carbocycles. The maximum Gasteiger partial charge on any atom is 0.227 e. The molecule has 0 radical (unpaired) electrons. The molecule has 0 saturated carbocycles. The Morgan fingerprint density at radius 3 is 2.46 bits per heavy atom. The third kappa shape index (κ3) is 4.03. The fourth-order valence-electron chi connectivity index (χ4n) is 3.34. The first-order valence-electron chi connectivity index (χ1n) is 9.36. The number of aryl methyl sites for hydroxylation is 1. The maximum absolute atomic E-state index is 13.9. The highest BCUT2D eigenvalue weighted by Crippen LogP contribution is 2.20. The van der Waals surface area contributed by atoms with Gasteiger partial charge in [0.05, 0.1) is 5.69 Å². The van der Waals surface area contributed by atoms with Crippen LogP contribution < -0.4 is 4.90 Å². The van der Waals surface area contributed by atoms with E-state index in [1.807, 2.05) is 46.2 Å². The molecule has 4 rings (SSSR count). The third-order valence-corrected chi connectivity index (χ3v) is 4.88. The van der Waals surface area contributed by atoms with E-state index in [1.165, 1.54) is 6.07 Å². The van der Waals surface area contributed by atoms with Gasteiger partial charge in [-0.15, -0.1) is 0 Å². The van der Waals surface area contributed by atoms with Crippen molar-refractivity contribution in [1.29, 1.82) is 0 Å². The number of rotatable bonds is 5. The van der Waals surface area contributed by atoms with Crippen LogP contribution in [0, 0.1) is 5.82 Å². The van der Waals surface area contributed by atoms with Crippen molar-refractivity contribution in [3.05, 3.63) is 66.3 Å². The van der Waals surface area contributed by atoms with E-state index in [0.717, 1.165) is 5.56 Å². The number of halogens is 1. The van der Waals surface area contributed by atoms with Crippen LogP contribution in [0.4, 0.5) is 10.1 Å². The van der Waals surface area contributed by atoms with Gasteiger partial charge in [0, 0.05) is 44.6 Å². The van der Waals surface area contributed by atoms with E-state index >= 15 is 0 Å². The Morgan fingerprint density at radius 2 is 1.71 bits per heavy atom. The molecule has 28 heavy (non-hydrogen) atoms. The van der Waals surface area contributed by atoms with Gasteiger partial charge in [-0.2, -0.15) is 4.98 Å². The topological polar surface area (TPSA) is 62.5 Å². The lowest BCUT2D eigenvalue weighted by Gasteiger charge is -2.36. The van der Waals surface area contributed by atoms with Gasteiger partial charge in [0.15, 0.2) is 0 Å². The van der Waals surface area contributed by atoms with Crippen LogP contribution in [0.2, 0.25) is 0 Å². The van der Waals surface area contributed by atoms with Gasteiger partial charge in [0.1, 0.15) is 5.82 Å². The minimum Gasteiger partial charge on any atom is -0.366 e. The van der Waals surface area contributed by atoms with Crippen molar-refractivity contribution in [2.45, 2.75) is 12.8 Å². The predicted molar refractivity (Wildman–Crippen MR) is 103 cm³/mol. The van der Waals surface area contributed by atoms with Gasteiger partial charge in [-0.25, -0.2) is 4.39 Å². The minimum absolute atomic E-state index is 0.0487. The summed E-state index contributed by atoms with van der Waals surface area (Å²) in [4.78, 5) is 20.6. The highest BCUT2D eigenvalue weighted by Gasteiger charge is 2.23. The molecule has 0 aliphatic carbocycles. The molecular formula is C21H21FN4O2. The number of hydrogen-bond donors (Lipinski definition) is 0. The zero-order valence-corrected chi connectivity index (χ0v) is 15.4. The number of carbonyl (C=O) groups excluding carboxylic acids is 1. The first kappa shape index (κ1) is 18.2. The van der Waals surface area contributed by atoms with Crippen LogP contribution in [-0.2, 0) is 11.2 Å². The first-order valence-corrected chi connectivity index (χ1v) is 9.36. The van der Waals surface area contributed by atoms with E-state index in [9.17, 15) is 9.18 Å². The van der Waals surface area contributed by atoms with E-state index in [-0.39, 0.29) is 11.7 Å². The van der Waals surface area contributed by atoms with Crippen molar-refractivity contribution >= 4 is 11.6 Å². The number of amides is 1. The molecule has 144 valence electrons. The van der Waals surface area contributed by atoms with Gasteiger partial charge in [-0.05, 0) is 12.1 Å². The van der Waals surface area contributed by atoms with E-state index in [0.29, 0.717) is 56.4 Å². The highest BCUT2D eigenvalue weighted by molar-refractivity contribution is 5.76. The molecule has 1 saturated heterocycles. The number of anilines is 1. The van der Waals surface area contributed by atoms with Crippen LogP contribution in [0.25, 0.3) is 11.4 Å². The van der Waals surface area contributed by atoms with Crippen molar-refractivity contribution in [3.8, 4) is 11.4 Å². The summed E-state index contributed by atoms with van der Waals surface area (Å²) < 4.78 is 19.2. The lowest BCUT2D eigenvalue weighted by molar-refractivity contribution is -0.131. The van der Waals surface area contributed by atoms with Crippen LogP contribution in [0.5, 0.6) is 0 Å². The van der Waals surface area contributed by atoms with Crippen LogP contribution in [0.15, 0.2) is 59.1 Å². The zero-order valence-electron chi connectivity index (χ0n) is 15.4. The SMILES string of the molecule is O=C(CCc1nc(-c2ccccc2)no1)N1CCN(c2ccccc2F)CC1. The molecule has 0 spiro atoms. The molecule has 1 aliphatic heterocycles. The van der Waals surface area contributed by atoms with Crippen LogP contribution in [0.3, 0.4) is 0 Å². The summed E-state index contributed by atoms with van der Waals surface area (Å²) in [6.07, 6.45) is 0.725. The molecule has 0 unspecified atom stereocenters. The molecule has 2 heterocycles.